The number of nitrogens with zero attached hydrogens (tertiary/aromatic N) is 7. The zero-order valence-electron chi connectivity index (χ0n) is 18.5. The van der Waals surface area contributed by atoms with Crippen molar-refractivity contribution < 1.29 is 32.7 Å². The summed E-state index contributed by atoms with van der Waals surface area (Å²) in [5, 5.41) is 26.6. The van der Waals surface area contributed by atoms with Crippen molar-refractivity contribution in [2.75, 3.05) is 11.5 Å². The van der Waals surface area contributed by atoms with Crippen molar-refractivity contribution in [2.45, 2.75) is 42.6 Å². The van der Waals surface area contributed by atoms with Crippen molar-refractivity contribution in [1.29, 1.82) is 0 Å². The van der Waals surface area contributed by atoms with Crippen LogP contribution in [0.4, 0.5) is 13.2 Å². The molecule has 1 saturated heterocycles. The normalized spacial score (nSPS) is 21.0. The van der Waals surface area contributed by atoms with Gasteiger partial charge in [0.05, 0.1) is 0 Å². The monoisotopic (exact) mass is 532 g/mol. The number of carbonyl (C=O) groups excluding carboxylic acids is 2. The Morgan fingerprint density at radius 2 is 2.11 bits per heavy atom. The molecule has 0 bridgehead atoms. The Bertz CT molecular complexity index is 1230. The Kier molecular flexibility index (Phi) is 6.56. The Morgan fingerprint density at radius 1 is 1.40 bits per heavy atom. The number of alkyl halides is 3. The third kappa shape index (κ3) is 4.61. The summed E-state index contributed by atoms with van der Waals surface area (Å²) < 4.78 is 41.2. The first-order valence-electron chi connectivity index (χ1n) is 10.1. The van der Waals surface area contributed by atoms with Crippen LogP contribution in [0.15, 0.2) is 22.5 Å². The molecule has 3 atom stereocenters. The number of aliphatic carboxylic acids is 1. The first-order valence-corrected chi connectivity index (χ1v) is 12.1. The minimum absolute atomic E-state index is 0.130. The number of aromatic nitrogens is 6. The molecule has 0 unspecified atom stereocenters. The molecule has 4 heterocycles. The van der Waals surface area contributed by atoms with Crippen LogP contribution in [-0.4, -0.2) is 80.7 Å². The van der Waals surface area contributed by atoms with E-state index in [0.29, 0.717) is 16.5 Å². The number of hydrogen-bond acceptors (Lipinski definition) is 9. The van der Waals surface area contributed by atoms with Crippen molar-refractivity contribution in [1.82, 2.24) is 40.2 Å². The van der Waals surface area contributed by atoms with E-state index in [1.54, 1.807) is 7.05 Å². The summed E-state index contributed by atoms with van der Waals surface area (Å²) >= 11 is 2.50. The smallest absolute Gasteiger partial charge is 0.435 e. The minimum atomic E-state index is -4.66. The number of halogens is 3. The van der Waals surface area contributed by atoms with Gasteiger partial charge in [-0.25, -0.2) is 9.48 Å². The van der Waals surface area contributed by atoms with Crippen molar-refractivity contribution in [3.8, 4) is 0 Å². The molecule has 4 rings (SSSR count). The molecule has 2 aromatic heterocycles. The summed E-state index contributed by atoms with van der Waals surface area (Å²) in [6, 6.07) is -1.31. The third-order valence-corrected chi connectivity index (χ3v) is 7.90. The lowest BCUT2D eigenvalue weighted by molar-refractivity contribution is -0.151. The van der Waals surface area contributed by atoms with E-state index in [0.717, 1.165) is 15.6 Å². The molecule has 12 nitrogen and oxygen atoms in total. The Morgan fingerprint density at radius 3 is 2.69 bits per heavy atom. The van der Waals surface area contributed by atoms with Crippen molar-refractivity contribution in [3.05, 3.63) is 28.7 Å². The van der Waals surface area contributed by atoms with Crippen LogP contribution in [0.5, 0.6) is 0 Å². The zero-order valence-corrected chi connectivity index (χ0v) is 20.1. The summed E-state index contributed by atoms with van der Waals surface area (Å²) in [5.74, 6) is -2.06. The molecule has 2 N–H and O–H groups in total. The number of rotatable bonds is 7. The zero-order chi connectivity index (χ0) is 25.7. The van der Waals surface area contributed by atoms with Gasteiger partial charge in [0.1, 0.15) is 23.2 Å². The number of aryl methyl sites for hydroxylation is 2. The lowest BCUT2D eigenvalue weighted by Crippen LogP contribution is -2.71. The van der Waals surface area contributed by atoms with Gasteiger partial charge in [0, 0.05) is 24.2 Å². The van der Waals surface area contributed by atoms with Crippen molar-refractivity contribution in [2.24, 2.45) is 7.05 Å². The van der Waals surface area contributed by atoms with E-state index in [-0.39, 0.29) is 17.1 Å². The SMILES string of the molecule is Cc1cc(C(F)(F)F)nn1[C@@H](C)C(=O)N[C@H]1C(=O)N2C(C(=O)O)=C(CSc3nnnn3C)CS[C@H]12. The van der Waals surface area contributed by atoms with Crippen molar-refractivity contribution >= 4 is 41.3 Å². The number of amides is 2. The Labute approximate surface area is 204 Å². The van der Waals surface area contributed by atoms with E-state index < -0.39 is 47.1 Å². The van der Waals surface area contributed by atoms with Crippen molar-refractivity contribution in [3.63, 3.8) is 0 Å². The maximum atomic E-state index is 13.0. The van der Waals surface area contributed by atoms with Gasteiger partial charge in [-0.15, -0.1) is 16.9 Å². The standard InChI is InChI=1S/C18H19F3N8O4S2/c1-7-4-10(18(19,20)21)24-29(7)8(2)13(30)22-11-14(31)28-12(16(32)33)9(5-34-15(11)28)6-35-17-23-25-26-27(17)3/h4,8,11,15H,5-6H2,1-3H3,(H,22,30)(H,32,33)/t8-,11-,15+/m0/s1. The van der Waals surface area contributed by atoms with Crippen LogP contribution in [-0.2, 0) is 27.6 Å². The highest BCUT2D eigenvalue weighted by atomic mass is 32.2. The molecule has 35 heavy (non-hydrogen) atoms. The predicted octanol–water partition coefficient (Wildman–Crippen LogP) is 0.826. The average molecular weight is 533 g/mol. The molecule has 0 saturated carbocycles. The number of thioether (sulfide) groups is 2. The van der Waals surface area contributed by atoms with E-state index >= 15 is 0 Å². The molecule has 0 aliphatic carbocycles. The van der Waals surface area contributed by atoms with Crippen LogP contribution in [0.25, 0.3) is 0 Å². The van der Waals surface area contributed by atoms with Gasteiger partial charge >= 0.3 is 12.1 Å². The van der Waals surface area contributed by atoms with Gasteiger partial charge in [0.2, 0.25) is 11.1 Å². The number of tetrazole rings is 1. The molecule has 2 aliphatic rings. The molecule has 0 radical (unpaired) electrons. The molecule has 1 fully saturated rings. The fraction of sp³-hybridized carbons (Fsp3) is 0.500. The van der Waals surface area contributed by atoms with Crippen LogP contribution in [0, 0.1) is 6.92 Å². The summed E-state index contributed by atoms with van der Waals surface area (Å²) in [6.45, 7) is 2.75. The largest absolute Gasteiger partial charge is 0.477 e. The van der Waals surface area contributed by atoms with Gasteiger partial charge in [-0.1, -0.05) is 11.8 Å². The molecule has 0 aromatic carbocycles. The number of carboxylic acid groups (broad SMARTS) is 1. The third-order valence-electron chi connectivity index (χ3n) is 5.46. The Balaban J connectivity index is 1.46. The number of hydrogen-bond donors (Lipinski definition) is 2. The fourth-order valence-corrected chi connectivity index (χ4v) is 6.03. The van der Waals surface area contributed by atoms with Gasteiger partial charge in [0.15, 0.2) is 5.69 Å². The molecule has 2 amide bonds. The van der Waals surface area contributed by atoms with Gasteiger partial charge in [-0.05, 0) is 35.9 Å². The number of carbonyl (C=O) groups is 3. The molecule has 188 valence electrons. The number of carboxylic acids is 1. The highest BCUT2D eigenvalue weighted by Crippen LogP contribution is 2.41. The summed E-state index contributed by atoms with van der Waals surface area (Å²) in [5.41, 5.74) is -0.644. The number of fused-ring (bicyclic) bond motifs is 1. The van der Waals surface area contributed by atoms with Gasteiger partial charge in [-0.3, -0.25) is 19.2 Å². The maximum absolute atomic E-state index is 13.0. The summed E-state index contributed by atoms with van der Waals surface area (Å²) in [4.78, 5) is 38.7. The van der Waals surface area contributed by atoms with Crippen LogP contribution in [0.3, 0.4) is 0 Å². The van der Waals surface area contributed by atoms with Crippen LogP contribution >= 0.6 is 23.5 Å². The van der Waals surface area contributed by atoms with Crippen LogP contribution < -0.4 is 5.32 Å². The first-order chi connectivity index (χ1) is 16.4. The summed E-state index contributed by atoms with van der Waals surface area (Å²) in [7, 11) is 1.64. The van der Waals surface area contributed by atoms with Crippen LogP contribution in [0.2, 0.25) is 0 Å². The van der Waals surface area contributed by atoms with E-state index in [2.05, 4.69) is 25.9 Å². The first kappa shape index (κ1) is 25.0. The molecule has 2 aromatic rings. The Hall–Kier alpha value is -3.08. The van der Waals surface area contributed by atoms with Gasteiger partial charge in [-0.2, -0.15) is 18.3 Å². The quantitative estimate of drug-likeness (QED) is 0.388. The van der Waals surface area contributed by atoms with E-state index in [9.17, 15) is 32.7 Å². The second-order valence-corrected chi connectivity index (χ2v) is 9.86. The lowest BCUT2D eigenvalue weighted by Gasteiger charge is -2.49. The van der Waals surface area contributed by atoms with E-state index in [4.69, 9.17) is 0 Å². The van der Waals surface area contributed by atoms with Crippen LogP contribution in [0.1, 0.15) is 24.4 Å². The molecular formula is C18H19F3N8O4S2. The topological polar surface area (TPSA) is 148 Å². The fourth-order valence-electron chi connectivity index (χ4n) is 3.69. The molecule has 0 spiro atoms. The van der Waals surface area contributed by atoms with Gasteiger partial charge in [0.25, 0.3) is 5.91 Å². The number of β-lactam (4-membered cyclic amide) rings is 1. The second kappa shape index (κ2) is 9.18. The second-order valence-electron chi connectivity index (χ2n) is 7.82. The van der Waals surface area contributed by atoms with E-state index in [1.165, 1.54) is 42.1 Å². The minimum Gasteiger partial charge on any atom is -0.477 e. The van der Waals surface area contributed by atoms with E-state index in [1.807, 2.05) is 0 Å². The number of nitrogens with one attached hydrogen (secondary N) is 1. The summed E-state index contributed by atoms with van der Waals surface area (Å²) in [6.07, 6.45) is -4.66. The molecule has 2 aliphatic heterocycles. The highest BCUT2D eigenvalue weighted by molar-refractivity contribution is 8.01. The average Bonchev–Trinajstić information content (AvgIpc) is 3.39. The predicted molar refractivity (Wildman–Crippen MR) is 116 cm³/mol. The highest BCUT2D eigenvalue weighted by Gasteiger charge is 2.54. The maximum Gasteiger partial charge on any atom is 0.435 e. The lowest BCUT2D eigenvalue weighted by atomic mass is 10.0. The molecular weight excluding hydrogens is 513 g/mol. The molecule has 17 heteroatoms. The van der Waals surface area contributed by atoms with Gasteiger partial charge < -0.3 is 10.4 Å².